The van der Waals surface area contributed by atoms with Crippen LogP contribution in [0.25, 0.3) is 0 Å². The summed E-state index contributed by atoms with van der Waals surface area (Å²) < 4.78 is 0. The van der Waals surface area contributed by atoms with Gasteiger partial charge >= 0.3 is 0 Å². The third-order valence-corrected chi connectivity index (χ3v) is 5.58. The quantitative estimate of drug-likeness (QED) is 0.661. The Morgan fingerprint density at radius 1 is 1.06 bits per heavy atom. The van der Waals surface area contributed by atoms with Gasteiger partial charge in [-0.05, 0) is 44.1 Å². The Labute approximate surface area is 111 Å². The Balaban J connectivity index is 1.63. The van der Waals surface area contributed by atoms with Crippen LogP contribution in [0.4, 0.5) is 0 Å². The van der Waals surface area contributed by atoms with Crippen LogP contribution in [0.3, 0.4) is 0 Å². The monoisotopic (exact) mass is 251 g/mol. The summed E-state index contributed by atoms with van der Waals surface area (Å²) in [5, 5.41) is 7.45. The van der Waals surface area contributed by atoms with Crippen molar-refractivity contribution in [2.24, 2.45) is 23.5 Å². The van der Waals surface area contributed by atoms with Crippen LogP contribution in [0.1, 0.15) is 45.4 Å². The number of hydrogen-bond acceptors (Lipinski definition) is 3. The SMILES string of the molecule is CC1CCCC(C2CC(N)C3CNCCC3N2)C1. The highest BCUT2D eigenvalue weighted by atomic mass is 15.1. The maximum absolute atomic E-state index is 6.44. The Bertz CT molecular complexity index is 281. The van der Waals surface area contributed by atoms with E-state index in [0.717, 1.165) is 24.9 Å². The Morgan fingerprint density at radius 3 is 2.78 bits per heavy atom. The molecule has 104 valence electrons. The average molecular weight is 251 g/mol. The predicted octanol–water partition coefficient (Wildman–Crippen LogP) is 1.48. The van der Waals surface area contributed by atoms with E-state index in [9.17, 15) is 0 Å². The van der Waals surface area contributed by atoms with Crippen molar-refractivity contribution in [2.45, 2.75) is 63.6 Å². The van der Waals surface area contributed by atoms with Gasteiger partial charge in [0.1, 0.15) is 0 Å². The Morgan fingerprint density at radius 2 is 1.94 bits per heavy atom. The van der Waals surface area contributed by atoms with E-state index in [4.69, 9.17) is 5.73 Å². The molecule has 2 aliphatic heterocycles. The number of nitrogens with one attached hydrogen (secondary N) is 2. The third-order valence-electron chi connectivity index (χ3n) is 5.58. The van der Waals surface area contributed by atoms with Gasteiger partial charge in [0.25, 0.3) is 0 Å². The molecule has 3 heteroatoms. The largest absolute Gasteiger partial charge is 0.327 e. The van der Waals surface area contributed by atoms with Gasteiger partial charge in [0.05, 0.1) is 0 Å². The van der Waals surface area contributed by atoms with E-state index < -0.39 is 0 Å². The molecular weight excluding hydrogens is 222 g/mol. The standard InChI is InChI=1S/C15H29N3/c1-10-3-2-4-11(7-10)15-8-13(16)12-9-17-6-5-14(12)18-15/h10-15,17-18H,2-9,16H2,1H3. The highest BCUT2D eigenvalue weighted by molar-refractivity contribution is 4.99. The molecule has 0 spiro atoms. The lowest BCUT2D eigenvalue weighted by Gasteiger charge is -2.47. The van der Waals surface area contributed by atoms with Gasteiger partial charge < -0.3 is 16.4 Å². The molecule has 3 fully saturated rings. The summed E-state index contributed by atoms with van der Waals surface area (Å²) in [7, 11) is 0. The minimum absolute atomic E-state index is 0.409. The van der Waals surface area contributed by atoms with Gasteiger partial charge in [-0.2, -0.15) is 0 Å². The van der Waals surface area contributed by atoms with E-state index >= 15 is 0 Å². The van der Waals surface area contributed by atoms with E-state index in [0.29, 0.717) is 24.0 Å². The van der Waals surface area contributed by atoms with Crippen LogP contribution in [-0.2, 0) is 0 Å². The van der Waals surface area contributed by atoms with Gasteiger partial charge in [-0.3, -0.25) is 0 Å². The number of piperidine rings is 2. The zero-order valence-corrected chi connectivity index (χ0v) is 11.7. The molecule has 3 nitrogen and oxygen atoms in total. The lowest BCUT2D eigenvalue weighted by Crippen LogP contribution is -2.63. The number of nitrogens with two attached hydrogens (primary N) is 1. The number of fused-ring (bicyclic) bond motifs is 1. The van der Waals surface area contributed by atoms with E-state index in [1.165, 1.54) is 38.5 Å². The van der Waals surface area contributed by atoms with Crippen molar-refractivity contribution in [3.63, 3.8) is 0 Å². The Hall–Kier alpha value is -0.120. The second-order valence-corrected chi connectivity index (χ2v) is 6.97. The second kappa shape index (κ2) is 5.48. The number of hydrogen-bond donors (Lipinski definition) is 3. The topological polar surface area (TPSA) is 50.1 Å². The molecule has 1 saturated carbocycles. The van der Waals surface area contributed by atoms with Crippen molar-refractivity contribution in [3.8, 4) is 0 Å². The lowest BCUT2D eigenvalue weighted by atomic mass is 9.72. The molecule has 0 bridgehead atoms. The molecule has 3 aliphatic rings. The summed E-state index contributed by atoms with van der Waals surface area (Å²) in [4.78, 5) is 0. The van der Waals surface area contributed by atoms with E-state index in [-0.39, 0.29) is 0 Å². The third kappa shape index (κ3) is 2.59. The van der Waals surface area contributed by atoms with Crippen LogP contribution in [0.5, 0.6) is 0 Å². The van der Waals surface area contributed by atoms with Gasteiger partial charge in [-0.25, -0.2) is 0 Å². The van der Waals surface area contributed by atoms with Crippen LogP contribution in [0.15, 0.2) is 0 Å². The molecule has 2 heterocycles. The van der Waals surface area contributed by atoms with Gasteiger partial charge in [0.2, 0.25) is 0 Å². The highest BCUT2D eigenvalue weighted by Crippen LogP contribution is 2.35. The van der Waals surface area contributed by atoms with Gasteiger partial charge in [0, 0.05) is 30.6 Å². The second-order valence-electron chi connectivity index (χ2n) is 6.97. The average Bonchev–Trinajstić information content (AvgIpc) is 2.39. The normalized spacial score (nSPS) is 49.7. The van der Waals surface area contributed by atoms with Crippen LogP contribution in [-0.4, -0.2) is 31.2 Å². The first-order chi connectivity index (χ1) is 8.74. The Kier molecular flexibility index (Phi) is 3.92. The molecule has 0 amide bonds. The molecular formula is C15H29N3. The maximum atomic E-state index is 6.44. The van der Waals surface area contributed by atoms with E-state index in [1.807, 2.05) is 0 Å². The van der Waals surface area contributed by atoms with Crippen LogP contribution in [0.2, 0.25) is 0 Å². The smallest absolute Gasteiger partial charge is 0.0137 e. The zero-order chi connectivity index (χ0) is 12.5. The highest BCUT2D eigenvalue weighted by Gasteiger charge is 2.39. The molecule has 6 unspecified atom stereocenters. The molecule has 0 radical (unpaired) electrons. The summed E-state index contributed by atoms with van der Waals surface area (Å²) in [5.41, 5.74) is 6.44. The predicted molar refractivity (Wildman–Crippen MR) is 75.4 cm³/mol. The fourth-order valence-electron chi connectivity index (χ4n) is 4.53. The van der Waals surface area contributed by atoms with Crippen LogP contribution < -0.4 is 16.4 Å². The van der Waals surface area contributed by atoms with Crippen LogP contribution in [0, 0.1) is 17.8 Å². The first-order valence-electron chi connectivity index (χ1n) is 7.96. The molecule has 2 saturated heterocycles. The molecule has 6 atom stereocenters. The summed E-state index contributed by atoms with van der Waals surface area (Å²) in [6, 6.07) is 1.78. The molecule has 0 aromatic heterocycles. The van der Waals surface area contributed by atoms with Gasteiger partial charge in [-0.1, -0.05) is 19.8 Å². The minimum Gasteiger partial charge on any atom is -0.327 e. The first kappa shape index (κ1) is 12.9. The van der Waals surface area contributed by atoms with Gasteiger partial charge in [-0.15, -0.1) is 0 Å². The molecule has 18 heavy (non-hydrogen) atoms. The van der Waals surface area contributed by atoms with Gasteiger partial charge in [0.15, 0.2) is 0 Å². The van der Waals surface area contributed by atoms with Crippen molar-refractivity contribution in [1.29, 1.82) is 0 Å². The summed E-state index contributed by atoms with van der Waals surface area (Å²) in [6.07, 6.45) is 8.15. The molecule has 0 aromatic carbocycles. The van der Waals surface area contributed by atoms with Crippen molar-refractivity contribution in [3.05, 3.63) is 0 Å². The van der Waals surface area contributed by atoms with E-state index in [1.54, 1.807) is 0 Å². The number of rotatable bonds is 1. The molecule has 0 aromatic rings. The maximum Gasteiger partial charge on any atom is 0.0137 e. The molecule has 3 rings (SSSR count). The van der Waals surface area contributed by atoms with Crippen molar-refractivity contribution in [1.82, 2.24) is 10.6 Å². The fourth-order valence-corrected chi connectivity index (χ4v) is 4.53. The molecule has 1 aliphatic carbocycles. The fraction of sp³-hybridized carbons (Fsp3) is 1.00. The van der Waals surface area contributed by atoms with Crippen LogP contribution >= 0.6 is 0 Å². The summed E-state index contributed by atoms with van der Waals surface area (Å²) in [5.74, 6) is 2.47. The first-order valence-corrected chi connectivity index (χ1v) is 7.96. The lowest BCUT2D eigenvalue weighted by molar-refractivity contribution is 0.110. The minimum atomic E-state index is 0.409. The summed E-state index contributed by atoms with van der Waals surface area (Å²) >= 11 is 0. The van der Waals surface area contributed by atoms with E-state index in [2.05, 4.69) is 17.6 Å². The van der Waals surface area contributed by atoms with Crippen molar-refractivity contribution < 1.29 is 0 Å². The molecule has 4 N–H and O–H groups in total. The zero-order valence-electron chi connectivity index (χ0n) is 11.7. The summed E-state index contributed by atoms with van der Waals surface area (Å²) in [6.45, 7) is 4.70. The van der Waals surface area contributed by atoms with Crippen molar-refractivity contribution >= 4 is 0 Å². The van der Waals surface area contributed by atoms with Crippen molar-refractivity contribution in [2.75, 3.05) is 13.1 Å².